The molecule has 1 N–H and O–H groups in total. The Morgan fingerprint density at radius 2 is 2.22 bits per heavy atom. The molecule has 8 heteroatoms. The van der Waals surface area contributed by atoms with Crippen molar-refractivity contribution in [1.82, 2.24) is 29.9 Å². The van der Waals surface area contributed by atoms with E-state index in [1.807, 2.05) is 13.8 Å². The average molecular weight is 316 g/mol. The Morgan fingerprint density at radius 1 is 1.39 bits per heavy atom. The van der Waals surface area contributed by atoms with E-state index in [0.29, 0.717) is 6.54 Å². The van der Waals surface area contributed by atoms with Gasteiger partial charge in [0.25, 0.3) is 11.5 Å². The lowest BCUT2D eigenvalue weighted by atomic mass is 10.3. The van der Waals surface area contributed by atoms with Crippen LogP contribution in [0.15, 0.2) is 16.9 Å². The van der Waals surface area contributed by atoms with Gasteiger partial charge in [0.05, 0.1) is 6.04 Å². The molecule has 2 aromatic rings. The fourth-order valence-electron chi connectivity index (χ4n) is 2.77. The maximum atomic E-state index is 12.4. The number of fused-ring (bicyclic) bond motifs is 1. The first-order valence-corrected chi connectivity index (χ1v) is 7.91. The summed E-state index contributed by atoms with van der Waals surface area (Å²) < 4.78 is 3.37. The topological polar surface area (TPSA) is 94.7 Å². The van der Waals surface area contributed by atoms with Gasteiger partial charge in [0.2, 0.25) is 0 Å². The van der Waals surface area contributed by atoms with E-state index in [1.165, 1.54) is 16.8 Å². The fourth-order valence-corrected chi connectivity index (χ4v) is 2.77. The quantitative estimate of drug-likeness (QED) is 0.875. The molecule has 1 amide bonds. The van der Waals surface area contributed by atoms with Crippen LogP contribution < -0.4 is 10.9 Å². The van der Waals surface area contributed by atoms with Gasteiger partial charge in [-0.1, -0.05) is 6.92 Å². The van der Waals surface area contributed by atoms with Crippen LogP contribution in [0.2, 0.25) is 0 Å². The van der Waals surface area contributed by atoms with E-state index >= 15 is 0 Å². The molecule has 1 atom stereocenters. The number of carbonyl (C=O) groups is 1. The van der Waals surface area contributed by atoms with E-state index in [9.17, 15) is 9.59 Å². The summed E-state index contributed by atoms with van der Waals surface area (Å²) in [5, 5.41) is 15.3. The number of amides is 1. The first-order chi connectivity index (χ1) is 11.1. The third-order valence-electron chi connectivity index (χ3n) is 3.91. The number of aromatic nitrogens is 5. The van der Waals surface area contributed by atoms with Crippen LogP contribution in [0, 0.1) is 0 Å². The zero-order valence-corrected chi connectivity index (χ0v) is 13.3. The largest absolute Gasteiger partial charge is 0.341 e. The maximum absolute atomic E-state index is 12.4. The molecule has 0 saturated carbocycles. The number of hydrogen-bond donors (Lipinski definition) is 1. The Labute approximate surface area is 133 Å². The van der Waals surface area contributed by atoms with Crippen LogP contribution in [0.5, 0.6) is 0 Å². The summed E-state index contributed by atoms with van der Waals surface area (Å²) in [5.41, 5.74) is 0.0257. The summed E-state index contributed by atoms with van der Waals surface area (Å²) >= 11 is 0. The summed E-state index contributed by atoms with van der Waals surface area (Å²) in [4.78, 5) is 24.0. The monoisotopic (exact) mass is 316 g/mol. The summed E-state index contributed by atoms with van der Waals surface area (Å²) in [6, 6.07) is 2.55. The molecule has 1 aliphatic rings. The minimum atomic E-state index is -0.322. The van der Waals surface area contributed by atoms with Crippen molar-refractivity contribution < 1.29 is 4.79 Å². The maximum Gasteiger partial charge on any atom is 0.272 e. The van der Waals surface area contributed by atoms with Gasteiger partial charge in [0.15, 0.2) is 5.82 Å². The number of hydrogen-bond acceptors (Lipinski definition) is 5. The van der Waals surface area contributed by atoms with Crippen LogP contribution in [0.1, 0.15) is 54.9 Å². The highest BCUT2D eigenvalue weighted by Crippen LogP contribution is 2.19. The summed E-state index contributed by atoms with van der Waals surface area (Å²) in [7, 11) is 0. The van der Waals surface area contributed by atoms with E-state index < -0.39 is 0 Å². The molecule has 2 aromatic heterocycles. The molecule has 1 aliphatic heterocycles. The number of nitrogens with one attached hydrogen (secondary N) is 1. The molecule has 0 unspecified atom stereocenters. The van der Waals surface area contributed by atoms with Gasteiger partial charge in [0.1, 0.15) is 11.5 Å². The zero-order chi connectivity index (χ0) is 16.4. The third kappa shape index (κ3) is 3.01. The van der Waals surface area contributed by atoms with Gasteiger partial charge >= 0.3 is 0 Å². The molecule has 23 heavy (non-hydrogen) atoms. The Bertz CT molecular complexity index is 779. The number of rotatable bonds is 5. The summed E-state index contributed by atoms with van der Waals surface area (Å²) in [6.07, 6.45) is 2.76. The first kappa shape index (κ1) is 15.4. The van der Waals surface area contributed by atoms with Gasteiger partial charge in [-0.3, -0.25) is 9.59 Å². The highest BCUT2D eigenvalue weighted by molar-refractivity contribution is 5.92. The smallest absolute Gasteiger partial charge is 0.272 e. The Morgan fingerprint density at radius 3 is 3.00 bits per heavy atom. The molecular weight excluding hydrogens is 296 g/mol. The van der Waals surface area contributed by atoms with Gasteiger partial charge < -0.3 is 9.88 Å². The minimum Gasteiger partial charge on any atom is -0.341 e. The molecule has 8 nitrogen and oxygen atoms in total. The number of aryl methyl sites for hydroxylation is 2. The Kier molecular flexibility index (Phi) is 4.22. The van der Waals surface area contributed by atoms with E-state index in [0.717, 1.165) is 37.5 Å². The molecule has 122 valence electrons. The van der Waals surface area contributed by atoms with Gasteiger partial charge in [-0.15, -0.1) is 10.2 Å². The van der Waals surface area contributed by atoms with Gasteiger partial charge in [-0.25, -0.2) is 4.68 Å². The molecule has 0 aromatic carbocycles. The second-order valence-corrected chi connectivity index (χ2v) is 5.70. The Balaban J connectivity index is 1.76. The van der Waals surface area contributed by atoms with Crippen molar-refractivity contribution in [3.05, 3.63) is 39.8 Å². The van der Waals surface area contributed by atoms with Crippen molar-refractivity contribution in [3.8, 4) is 0 Å². The molecule has 0 radical (unpaired) electrons. The van der Waals surface area contributed by atoms with Gasteiger partial charge in [-0.05, 0) is 25.8 Å². The van der Waals surface area contributed by atoms with E-state index in [2.05, 4.69) is 25.2 Å². The molecule has 0 saturated heterocycles. The van der Waals surface area contributed by atoms with Crippen molar-refractivity contribution in [2.45, 2.75) is 52.2 Å². The number of nitrogens with zero attached hydrogens (tertiary/aromatic N) is 5. The van der Waals surface area contributed by atoms with Gasteiger partial charge in [-0.2, -0.15) is 5.10 Å². The highest BCUT2D eigenvalue weighted by Gasteiger charge is 2.23. The second kappa shape index (κ2) is 6.31. The van der Waals surface area contributed by atoms with Crippen LogP contribution in [-0.4, -0.2) is 30.5 Å². The summed E-state index contributed by atoms with van der Waals surface area (Å²) in [6.45, 7) is 5.20. The third-order valence-corrected chi connectivity index (χ3v) is 3.91. The van der Waals surface area contributed by atoms with Crippen LogP contribution in [0.3, 0.4) is 0 Å². The Hall–Kier alpha value is -2.51. The predicted molar refractivity (Wildman–Crippen MR) is 83.0 cm³/mol. The van der Waals surface area contributed by atoms with E-state index in [4.69, 9.17) is 0 Å². The molecule has 0 bridgehead atoms. The molecule has 3 heterocycles. The van der Waals surface area contributed by atoms with Crippen LogP contribution in [0.25, 0.3) is 0 Å². The number of carbonyl (C=O) groups excluding carboxylic acids is 1. The molecule has 0 aliphatic carbocycles. The van der Waals surface area contributed by atoms with E-state index in [1.54, 1.807) is 0 Å². The van der Waals surface area contributed by atoms with E-state index in [-0.39, 0.29) is 23.2 Å². The predicted octanol–water partition coefficient (Wildman–Crippen LogP) is 0.682. The summed E-state index contributed by atoms with van der Waals surface area (Å²) in [5.74, 6) is 1.40. The SMILES string of the molecule is CCCn1nc(C(=O)N[C@@H](C)c2nnc3n2CCC3)ccc1=O. The molecule has 3 rings (SSSR count). The normalized spacial score (nSPS) is 14.5. The van der Waals surface area contributed by atoms with Crippen LogP contribution in [0.4, 0.5) is 0 Å². The lowest BCUT2D eigenvalue weighted by Crippen LogP contribution is -2.32. The van der Waals surface area contributed by atoms with Crippen molar-refractivity contribution in [3.63, 3.8) is 0 Å². The van der Waals surface area contributed by atoms with Crippen LogP contribution in [-0.2, 0) is 19.5 Å². The second-order valence-electron chi connectivity index (χ2n) is 5.70. The lowest BCUT2D eigenvalue weighted by Gasteiger charge is -2.14. The molecule has 0 fully saturated rings. The van der Waals surface area contributed by atoms with Gasteiger partial charge in [0, 0.05) is 25.6 Å². The zero-order valence-electron chi connectivity index (χ0n) is 13.3. The van der Waals surface area contributed by atoms with Crippen molar-refractivity contribution in [1.29, 1.82) is 0 Å². The minimum absolute atomic E-state index is 0.202. The average Bonchev–Trinajstić information content (AvgIpc) is 3.12. The fraction of sp³-hybridized carbons (Fsp3) is 0.533. The van der Waals surface area contributed by atoms with Crippen molar-refractivity contribution in [2.75, 3.05) is 0 Å². The standard InChI is InChI=1S/C15H20N6O2/c1-3-8-21-13(22)7-6-11(19-21)15(23)16-10(2)14-18-17-12-5-4-9-20(12)14/h6-7,10H,3-5,8-9H2,1-2H3,(H,16,23)/t10-/m0/s1. The first-order valence-electron chi connectivity index (χ1n) is 7.91. The van der Waals surface area contributed by atoms with Crippen molar-refractivity contribution >= 4 is 5.91 Å². The molecule has 0 spiro atoms. The van der Waals surface area contributed by atoms with Crippen molar-refractivity contribution in [2.24, 2.45) is 0 Å². The highest BCUT2D eigenvalue weighted by atomic mass is 16.2. The lowest BCUT2D eigenvalue weighted by molar-refractivity contribution is 0.0930. The molecular formula is C15H20N6O2. The van der Waals surface area contributed by atoms with Crippen LogP contribution >= 0.6 is 0 Å².